The number of carbonyl (C=O) groups excluding carboxylic acids is 2. The first-order chi connectivity index (χ1) is 13.5. The van der Waals surface area contributed by atoms with E-state index in [1.807, 2.05) is 0 Å². The molecule has 0 fully saturated rings. The third-order valence-electron chi connectivity index (χ3n) is 4.24. The van der Waals surface area contributed by atoms with Crippen molar-refractivity contribution < 1.29 is 14.3 Å². The average Bonchev–Trinajstić information content (AvgIpc) is 2.69. The normalized spacial score (nSPS) is 10.5. The zero-order valence-electron chi connectivity index (χ0n) is 15.5. The molecule has 2 aromatic carbocycles. The number of ketones is 1. The van der Waals surface area contributed by atoms with Gasteiger partial charge in [-0.3, -0.25) is 14.4 Å². The number of amides is 1. The number of rotatable bonds is 7. The minimum absolute atomic E-state index is 0.0377. The highest BCUT2D eigenvalue weighted by molar-refractivity contribution is 5.96. The Morgan fingerprint density at radius 3 is 2.54 bits per heavy atom. The first-order valence-corrected chi connectivity index (χ1v) is 8.76. The van der Waals surface area contributed by atoms with Crippen LogP contribution >= 0.6 is 0 Å². The number of nitrogens with one attached hydrogen (secondary N) is 1. The molecular formula is C22H20N2O4. The number of Topliss-reactive ketones (excluding diaryl/α,β-unsaturated/α-hetero) is 1. The van der Waals surface area contributed by atoms with Crippen molar-refractivity contribution in [1.82, 2.24) is 4.57 Å². The van der Waals surface area contributed by atoms with Gasteiger partial charge in [-0.1, -0.05) is 12.1 Å². The average molecular weight is 376 g/mol. The molecule has 0 saturated heterocycles. The molecule has 0 unspecified atom stereocenters. The highest BCUT2D eigenvalue weighted by atomic mass is 16.5. The number of nitrogens with zero attached hydrogens (tertiary/aromatic N) is 1. The number of hydrogen-bond acceptors (Lipinski definition) is 4. The number of benzene rings is 2. The fourth-order valence-corrected chi connectivity index (χ4v) is 2.83. The Morgan fingerprint density at radius 2 is 1.86 bits per heavy atom. The first-order valence-electron chi connectivity index (χ1n) is 8.76. The lowest BCUT2D eigenvalue weighted by molar-refractivity contribution is -0.118. The molecule has 6 heteroatoms. The summed E-state index contributed by atoms with van der Waals surface area (Å²) < 4.78 is 7.19. The predicted octanol–water partition coefficient (Wildman–Crippen LogP) is 3.41. The Bertz CT molecular complexity index is 1100. The molecule has 1 heterocycles. The second-order valence-corrected chi connectivity index (χ2v) is 6.25. The van der Waals surface area contributed by atoms with Crippen molar-refractivity contribution in [3.05, 3.63) is 83.3 Å². The fourth-order valence-electron chi connectivity index (χ4n) is 2.83. The van der Waals surface area contributed by atoms with E-state index in [1.165, 1.54) is 6.92 Å². The van der Waals surface area contributed by atoms with Gasteiger partial charge in [0, 0.05) is 29.4 Å². The molecule has 0 bridgehead atoms. The molecule has 142 valence electrons. The third-order valence-corrected chi connectivity index (χ3v) is 4.24. The van der Waals surface area contributed by atoms with Gasteiger partial charge in [0.25, 0.3) is 11.5 Å². The molecule has 1 amide bonds. The van der Waals surface area contributed by atoms with Crippen LogP contribution in [0.25, 0.3) is 10.8 Å². The summed E-state index contributed by atoms with van der Waals surface area (Å²) in [5, 5.41) is 3.87. The van der Waals surface area contributed by atoms with Crippen LogP contribution in [-0.2, 0) is 11.3 Å². The van der Waals surface area contributed by atoms with Crippen LogP contribution in [-0.4, -0.2) is 22.9 Å². The third kappa shape index (κ3) is 4.17. The van der Waals surface area contributed by atoms with Crippen molar-refractivity contribution >= 4 is 28.2 Å². The van der Waals surface area contributed by atoms with E-state index in [2.05, 4.69) is 11.9 Å². The Balaban J connectivity index is 1.71. The van der Waals surface area contributed by atoms with E-state index in [1.54, 1.807) is 65.4 Å². The molecule has 3 aromatic rings. The van der Waals surface area contributed by atoms with E-state index in [0.29, 0.717) is 34.3 Å². The van der Waals surface area contributed by atoms with Crippen molar-refractivity contribution in [3.63, 3.8) is 0 Å². The lowest BCUT2D eigenvalue weighted by Crippen LogP contribution is -2.21. The lowest BCUT2D eigenvalue weighted by Gasteiger charge is -2.11. The smallest absolute Gasteiger partial charge is 0.262 e. The Hall–Kier alpha value is -3.67. The van der Waals surface area contributed by atoms with Crippen LogP contribution in [0.1, 0.15) is 17.3 Å². The number of pyridine rings is 1. The summed E-state index contributed by atoms with van der Waals surface area (Å²) in [7, 11) is 0. The van der Waals surface area contributed by atoms with Crippen molar-refractivity contribution in [2.75, 3.05) is 11.9 Å². The molecule has 0 aliphatic carbocycles. The molecule has 0 saturated carbocycles. The molecule has 1 aromatic heterocycles. The van der Waals surface area contributed by atoms with E-state index < -0.39 is 0 Å². The molecule has 0 aliphatic rings. The number of anilines is 1. The maximum atomic E-state index is 12.5. The molecule has 0 radical (unpaired) electrons. The van der Waals surface area contributed by atoms with Crippen molar-refractivity contribution in [1.29, 1.82) is 0 Å². The summed E-state index contributed by atoms with van der Waals surface area (Å²) in [5.74, 6) is 0.0827. The van der Waals surface area contributed by atoms with Crippen LogP contribution in [0.4, 0.5) is 5.69 Å². The van der Waals surface area contributed by atoms with E-state index in [4.69, 9.17) is 4.74 Å². The minimum Gasteiger partial charge on any atom is -0.483 e. The first kappa shape index (κ1) is 19.1. The van der Waals surface area contributed by atoms with Gasteiger partial charge >= 0.3 is 0 Å². The van der Waals surface area contributed by atoms with Gasteiger partial charge in [-0.05, 0) is 49.4 Å². The summed E-state index contributed by atoms with van der Waals surface area (Å²) >= 11 is 0. The van der Waals surface area contributed by atoms with Gasteiger partial charge in [-0.15, -0.1) is 6.58 Å². The van der Waals surface area contributed by atoms with E-state index >= 15 is 0 Å². The quantitative estimate of drug-likeness (QED) is 0.506. The fraction of sp³-hybridized carbons (Fsp3) is 0.136. The maximum absolute atomic E-state index is 12.5. The molecule has 0 atom stereocenters. The van der Waals surface area contributed by atoms with E-state index in [-0.39, 0.29) is 23.9 Å². The second-order valence-electron chi connectivity index (χ2n) is 6.25. The molecule has 1 N–H and O–H groups in total. The van der Waals surface area contributed by atoms with Gasteiger partial charge in [0.2, 0.25) is 0 Å². The van der Waals surface area contributed by atoms with Crippen LogP contribution in [0.5, 0.6) is 5.75 Å². The van der Waals surface area contributed by atoms with Crippen LogP contribution in [0.3, 0.4) is 0 Å². The summed E-state index contributed by atoms with van der Waals surface area (Å²) in [6, 6.07) is 13.6. The van der Waals surface area contributed by atoms with E-state index in [0.717, 1.165) is 0 Å². The minimum atomic E-state index is -0.340. The van der Waals surface area contributed by atoms with Crippen molar-refractivity contribution in [2.45, 2.75) is 13.5 Å². The number of hydrogen-bond donors (Lipinski definition) is 1. The number of allylic oxidation sites excluding steroid dienone is 1. The van der Waals surface area contributed by atoms with Crippen LogP contribution in [0.2, 0.25) is 0 Å². The standard InChI is InChI=1S/C22H20N2O4/c1-3-12-24-13-11-18-19(22(24)27)5-4-6-20(18)28-14-21(26)23-17-9-7-16(8-10-17)15(2)25/h3-11,13H,1,12,14H2,2H3,(H,23,26). The highest BCUT2D eigenvalue weighted by Crippen LogP contribution is 2.23. The summed E-state index contributed by atoms with van der Waals surface area (Å²) in [4.78, 5) is 35.9. The molecular weight excluding hydrogens is 356 g/mol. The summed E-state index contributed by atoms with van der Waals surface area (Å²) in [6.07, 6.45) is 3.33. The number of fused-ring (bicyclic) bond motifs is 1. The maximum Gasteiger partial charge on any atom is 0.262 e. The zero-order valence-corrected chi connectivity index (χ0v) is 15.5. The highest BCUT2D eigenvalue weighted by Gasteiger charge is 2.09. The second kappa shape index (κ2) is 8.35. The molecule has 3 rings (SSSR count). The van der Waals surface area contributed by atoms with Gasteiger partial charge in [0.15, 0.2) is 12.4 Å². The topological polar surface area (TPSA) is 77.4 Å². The van der Waals surface area contributed by atoms with Crippen LogP contribution in [0, 0.1) is 0 Å². The van der Waals surface area contributed by atoms with Crippen LogP contribution in [0.15, 0.2) is 72.2 Å². The molecule has 28 heavy (non-hydrogen) atoms. The number of aromatic nitrogens is 1. The van der Waals surface area contributed by atoms with Gasteiger partial charge in [0.05, 0.1) is 5.39 Å². The molecule has 0 spiro atoms. The van der Waals surface area contributed by atoms with Crippen molar-refractivity contribution in [2.24, 2.45) is 0 Å². The van der Waals surface area contributed by atoms with Gasteiger partial charge < -0.3 is 14.6 Å². The monoisotopic (exact) mass is 376 g/mol. The Morgan fingerprint density at radius 1 is 1.11 bits per heavy atom. The van der Waals surface area contributed by atoms with Crippen molar-refractivity contribution in [3.8, 4) is 5.75 Å². The zero-order chi connectivity index (χ0) is 20.1. The Kier molecular flexibility index (Phi) is 5.69. The molecule has 6 nitrogen and oxygen atoms in total. The molecule has 0 aliphatic heterocycles. The largest absolute Gasteiger partial charge is 0.483 e. The number of carbonyl (C=O) groups is 2. The lowest BCUT2D eigenvalue weighted by atomic mass is 10.1. The summed E-state index contributed by atoms with van der Waals surface area (Å²) in [6.45, 7) is 5.35. The number of ether oxygens (including phenoxy) is 1. The summed E-state index contributed by atoms with van der Waals surface area (Å²) in [5.41, 5.74) is 1.01. The predicted molar refractivity (Wildman–Crippen MR) is 109 cm³/mol. The van der Waals surface area contributed by atoms with Gasteiger partial charge in [0.1, 0.15) is 5.75 Å². The van der Waals surface area contributed by atoms with Gasteiger partial charge in [-0.2, -0.15) is 0 Å². The SMILES string of the molecule is C=CCn1ccc2c(OCC(=O)Nc3ccc(C(C)=O)cc3)cccc2c1=O. The van der Waals surface area contributed by atoms with Gasteiger partial charge in [-0.25, -0.2) is 0 Å². The van der Waals surface area contributed by atoms with E-state index in [9.17, 15) is 14.4 Å². The Labute approximate surface area is 162 Å². The van der Waals surface area contributed by atoms with Crippen LogP contribution < -0.4 is 15.6 Å².